The van der Waals surface area contributed by atoms with Crippen LogP contribution < -0.4 is 15.5 Å². The zero-order valence-corrected chi connectivity index (χ0v) is 20.5. The summed E-state index contributed by atoms with van der Waals surface area (Å²) in [6.45, 7) is 6.29. The summed E-state index contributed by atoms with van der Waals surface area (Å²) in [5.74, 6) is 0.816. The van der Waals surface area contributed by atoms with Gasteiger partial charge in [-0.2, -0.15) is 5.10 Å². The Hall–Kier alpha value is -2.55. The van der Waals surface area contributed by atoms with Crippen LogP contribution in [0.4, 0.5) is 5.69 Å². The van der Waals surface area contributed by atoms with Crippen LogP contribution in [-0.4, -0.2) is 28.8 Å². The van der Waals surface area contributed by atoms with E-state index in [9.17, 15) is 0 Å². The van der Waals surface area contributed by atoms with Crippen molar-refractivity contribution in [3.63, 3.8) is 0 Å². The number of para-hydroxylation sites is 1. The van der Waals surface area contributed by atoms with Gasteiger partial charge in [-0.05, 0) is 42.2 Å². The van der Waals surface area contributed by atoms with Crippen molar-refractivity contribution in [3.8, 4) is 0 Å². The molecule has 0 spiro atoms. The summed E-state index contributed by atoms with van der Waals surface area (Å²) in [5, 5.41) is 10.9. The Kier molecular flexibility index (Phi) is 8.34. The highest BCUT2D eigenvalue weighted by Crippen LogP contribution is 2.28. The number of fused-ring (bicyclic) bond motifs is 1. The molecule has 0 atom stereocenters. The lowest BCUT2D eigenvalue weighted by molar-refractivity contribution is 0.685. The van der Waals surface area contributed by atoms with E-state index in [-0.39, 0.29) is 24.0 Å². The molecule has 0 unspecified atom stereocenters. The van der Waals surface area contributed by atoms with E-state index in [1.165, 1.54) is 22.4 Å². The van der Waals surface area contributed by atoms with Crippen LogP contribution in [0.25, 0.3) is 0 Å². The minimum absolute atomic E-state index is 0. The highest BCUT2D eigenvalue weighted by atomic mass is 127. The molecule has 2 heterocycles. The zero-order chi connectivity index (χ0) is 20.8. The van der Waals surface area contributed by atoms with Crippen LogP contribution in [0.5, 0.6) is 0 Å². The molecule has 164 valence electrons. The standard InChI is InChI=1S/C24H30N6.HI/c1-3-25-24(27-17-22-12-14-28-29(22)2)26-16-19-8-10-20(11-9-19)18-30-15-13-21-6-4-5-7-23(21)30;/h4-12,14H,3,13,15-18H2,1-2H3,(H2,25,26,27);1H. The Labute approximate surface area is 201 Å². The molecule has 3 aromatic rings. The van der Waals surface area contributed by atoms with E-state index < -0.39 is 0 Å². The Morgan fingerprint density at radius 2 is 1.81 bits per heavy atom. The number of aromatic nitrogens is 2. The summed E-state index contributed by atoms with van der Waals surface area (Å²) in [6.07, 6.45) is 2.95. The van der Waals surface area contributed by atoms with Crippen LogP contribution in [-0.2, 0) is 33.1 Å². The van der Waals surface area contributed by atoms with Crippen LogP contribution in [0.1, 0.15) is 29.3 Å². The van der Waals surface area contributed by atoms with Gasteiger partial charge in [-0.3, -0.25) is 4.68 Å². The van der Waals surface area contributed by atoms with Crippen LogP contribution in [0.15, 0.2) is 65.8 Å². The average Bonchev–Trinajstić information content (AvgIpc) is 3.37. The number of rotatable bonds is 7. The minimum Gasteiger partial charge on any atom is -0.367 e. The lowest BCUT2D eigenvalue weighted by Crippen LogP contribution is -2.37. The van der Waals surface area contributed by atoms with Crippen LogP contribution in [0.2, 0.25) is 0 Å². The fourth-order valence-electron chi connectivity index (χ4n) is 3.80. The number of benzene rings is 2. The second-order valence-electron chi connectivity index (χ2n) is 7.61. The highest BCUT2D eigenvalue weighted by Gasteiger charge is 2.18. The van der Waals surface area contributed by atoms with Gasteiger partial charge in [-0.25, -0.2) is 4.99 Å². The number of anilines is 1. The van der Waals surface area contributed by atoms with Crippen molar-refractivity contribution < 1.29 is 0 Å². The number of halogens is 1. The quantitative estimate of drug-likeness (QED) is 0.277. The van der Waals surface area contributed by atoms with Gasteiger partial charge in [0.25, 0.3) is 0 Å². The SMILES string of the molecule is CCNC(=NCc1ccc(CN2CCc3ccccc32)cc1)NCc1ccnn1C.I. The van der Waals surface area contributed by atoms with Crippen molar-refractivity contribution in [2.75, 3.05) is 18.0 Å². The molecule has 1 aliphatic heterocycles. The summed E-state index contributed by atoms with van der Waals surface area (Å²) < 4.78 is 1.87. The third-order valence-corrected chi connectivity index (χ3v) is 5.50. The van der Waals surface area contributed by atoms with Gasteiger partial charge < -0.3 is 15.5 Å². The topological polar surface area (TPSA) is 57.5 Å². The number of nitrogens with one attached hydrogen (secondary N) is 2. The molecule has 0 saturated carbocycles. The summed E-state index contributed by atoms with van der Waals surface area (Å²) >= 11 is 0. The van der Waals surface area contributed by atoms with E-state index in [0.717, 1.165) is 37.7 Å². The second-order valence-corrected chi connectivity index (χ2v) is 7.61. The number of nitrogens with zero attached hydrogens (tertiary/aromatic N) is 4. The summed E-state index contributed by atoms with van der Waals surface area (Å²) in [7, 11) is 1.95. The number of hydrogen-bond acceptors (Lipinski definition) is 3. The maximum atomic E-state index is 4.73. The molecule has 0 saturated heterocycles. The van der Waals surface area contributed by atoms with E-state index >= 15 is 0 Å². The monoisotopic (exact) mass is 530 g/mol. The van der Waals surface area contributed by atoms with Crippen molar-refractivity contribution in [1.82, 2.24) is 20.4 Å². The Balaban J connectivity index is 0.00000272. The number of aryl methyl sites for hydroxylation is 1. The molecule has 1 aromatic heterocycles. The van der Waals surface area contributed by atoms with Crippen molar-refractivity contribution in [2.45, 2.75) is 33.0 Å². The normalized spacial score (nSPS) is 13.0. The number of guanidine groups is 1. The van der Waals surface area contributed by atoms with E-state index in [2.05, 4.69) is 76.1 Å². The molecule has 6 nitrogen and oxygen atoms in total. The first kappa shape index (κ1) is 23.1. The van der Waals surface area contributed by atoms with E-state index in [1.54, 1.807) is 0 Å². The van der Waals surface area contributed by atoms with Crippen LogP contribution in [0, 0.1) is 0 Å². The fourth-order valence-corrected chi connectivity index (χ4v) is 3.80. The molecule has 2 N–H and O–H groups in total. The first-order valence-electron chi connectivity index (χ1n) is 10.6. The lowest BCUT2D eigenvalue weighted by atomic mass is 10.1. The number of aliphatic imine (C=N–C) groups is 1. The Bertz CT molecular complexity index is 995. The first-order valence-corrected chi connectivity index (χ1v) is 10.6. The molecular formula is C24H31IN6. The lowest BCUT2D eigenvalue weighted by Gasteiger charge is -2.19. The molecule has 0 fully saturated rings. The summed E-state index contributed by atoms with van der Waals surface area (Å²) in [4.78, 5) is 7.20. The molecule has 31 heavy (non-hydrogen) atoms. The molecular weight excluding hydrogens is 499 g/mol. The third kappa shape index (κ3) is 6.00. The molecule has 0 radical (unpaired) electrons. The highest BCUT2D eigenvalue weighted by molar-refractivity contribution is 14.0. The molecule has 7 heteroatoms. The van der Waals surface area contributed by atoms with Gasteiger partial charge in [0, 0.05) is 38.6 Å². The maximum absolute atomic E-state index is 4.73. The van der Waals surface area contributed by atoms with Crippen molar-refractivity contribution in [2.24, 2.45) is 12.0 Å². The summed E-state index contributed by atoms with van der Waals surface area (Å²) in [5.41, 5.74) is 6.49. The fraction of sp³-hybridized carbons (Fsp3) is 0.333. The van der Waals surface area contributed by atoms with Gasteiger partial charge in [0.1, 0.15) is 0 Å². The molecule has 4 rings (SSSR count). The van der Waals surface area contributed by atoms with Gasteiger partial charge in [0.2, 0.25) is 0 Å². The largest absolute Gasteiger partial charge is 0.367 e. The van der Waals surface area contributed by atoms with Gasteiger partial charge in [-0.15, -0.1) is 24.0 Å². The molecule has 0 bridgehead atoms. The van der Waals surface area contributed by atoms with Gasteiger partial charge in [0.15, 0.2) is 5.96 Å². The Morgan fingerprint density at radius 3 is 2.55 bits per heavy atom. The van der Waals surface area contributed by atoms with Gasteiger partial charge in [-0.1, -0.05) is 42.5 Å². The summed E-state index contributed by atoms with van der Waals surface area (Å²) in [6, 6.07) is 19.6. The van der Waals surface area contributed by atoms with Crippen molar-refractivity contribution in [3.05, 3.63) is 83.2 Å². The zero-order valence-electron chi connectivity index (χ0n) is 18.2. The van der Waals surface area contributed by atoms with Crippen molar-refractivity contribution in [1.29, 1.82) is 0 Å². The Morgan fingerprint density at radius 1 is 1.03 bits per heavy atom. The van der Waals surface area contributed by atoms with Gasteiger partial charge >= 0.3 is 0 Å². The molecule has 0 aliphatic carbocycles. The minimum atomic E-state index is 0. The molecule has 2 aromatic carbocycles. The van der Waals surface area contributed by atoms with E-state index in [4.69, 9.17) is 4.99 Å². The van der Waals surface area contributed by atoms with Crippen LogP contribution >= 0.6 is 24.0 Å². The number of hydrogen-bond donors (Lipinski definition) is 2. The second kappa shape index (κ2) is 11.2. The maximum Gasteiger partial charge on any atom is 0.191 e. The molecule has 0 amide bonds. The predicted octanol–water partition coefficient (Wildman–Crippen LogP) is 3.86. The molecule has 1 aliphatic rings. The predicted molar refractivity (Wildman–Crippen MR) is 138 cm³/mol. The van der Waals surface area contributed by atoms with Crippen LogP contribution in [0.3, 0.4) is 0 Å². The van der Waals surface area contributed by atoms with E-state index in [1.807, 2.05) is 24.0 Å². The smallest absolute Gasteiger partial charge is 0.191 e. The van der Waals surface area contributed by atoms with Crippen molar-refractivity contribution >= 4 is 35.6 Å². The first-order chi connectivity index (χ1) is 14.7. The van der Waals surface area contributed by atoms with Gasteiger partial charge in [0.05, 0.1) is 18.8 Å². The third-order valence-electron chi connectivity index (χ3n) is 5.50. The van der Waals surface area contributed by atoms with E-state index in [0.29, 0.717) is 13.1 Å². The average molecular weight is 530 g/mol.